The van der Waals surface area contributed by atoms with Gasteiger partial charge in [-0.2, -0.15) is 0 Å². The molecule has 0 fully saturated rings. The Labute approximate surface area is 114 Å². The number of aliphatic hydroxyl groups excluding tert-OH is 1. The quantitative estimate of drug-likeness (QED) is 0.886. The minimum absolute atomic E-state index is 0.352. The van der Waals surface area contributed by atoms with E-state index < -0.39 is 6.10 Å². The van der Waals surface area contributed by atoms with E-state index in [1.165, 1.54) is 11.1 Å². The van der Waals surface area contributed by atoms with Crippen LogP contribution in [-0.4, -0.2) is 17.7 Å². The van der Waals surface area contributed by atoms with Crippen LogP contribution in [-0.2, 0) is 0 Å². The van der Waals surface area contributed by atoms with Gasteiger partial charge in [-0.1, -0.05) is 19.9 Å². The number of aliphatic hydroxyl groups is 1. The van der Waals surface area contributed by atoms with Crippen LogP contribution in [0, 0.1) is 20.8 Å². The number of nitrogens with one attached hydrogen (secondary N) is 1. The number of benzene rings is 1. The average molecular weight is 261 g/mol. The van der Waals surface area contributed by atoms with Gasteiger partial charge in [0.25, 0.3) is 0 Å². The first-order chi connectivity index (χ1) is 8.90. The van der Waals surface area contributed by atoms with Crippen molar-refractivity contribution in [3.8, 4) is 0 Å². The number of hydrogen-bond donors (Lipinski definition) is 2. The lowest BCUT2D eigenvalue weighted by Gasteiger charge is -2.11. The van der Waals surface area contributed by atoms with Crippen LogP contribution < -0.4 is 5.32 Å². The second kappa shape index (κ2) is 5.35. The van der Waals surface area contributed by atoms with Gasteiger partial charge in [0.2, 0.25) is 0 Å². The molecule has 0 saturated heterocycles. The van der Waals surface area contributed by atoms with Crippen molar-refractivity contribution < 1.29 is 9.52 Å². The van der Waals surface area contributed by atoms with Gasteiger partial charge in [-0.05, 0) is 43.5 Å². The Hall–Kier alpha value is -1.32. The van der Waals surface area contributed by atoms with Crippen molar-refractivity contribution >= 4 is 11.0 Å². The SMILES string of the molecule is Cc1cc(C)c2cc([C@@H](O)CNC(C)C)oc2c1C. The summed E-state index contributed by atoms with van der Waals surface area (Å²) >= 11 is 0. The molecule has 0 aliphatic carbocycles. The lowest BCUT2D eigenvalue weighted by molar-refractivity contribution is 0.147. The summed E-state index contributed by atoms with van der Waals surface area (Å²) in [6.45, 7) is 10.8. The average Bonchev–Trinajstić information content (AvgIpc) is 2.78. The molecule has 2 rings (SSSR count). The molecule has 3 nitrogen and oxygen atoms in total. The molecule has 0 amide bonds. The second-order valence-corrected chi connectivity index (χ2v) is 5.61. The largest absolute Gasteiger partial charge is 0.458 e. The third-order valence-electron chi connectivity index (χ3n) is 3.59. The molecule has 104 valence electrons. The molecule has 19 heavy (non-hydrogen) atoms. The molecule has 1 aromatic heterocycles. The van der Waals surface area contributed by atoms with E-state index in [0.717, 1.165) is 16.5 Å². The summed E-state index contributed by atoms with van der Waals surface area (Å²) in [5, 5.41) is 14.5. The van der Waals surface area contributed by atoms with E-state index >= 15 is 0 Å². The van der Waals surface area contributed by atoms with E-state index in [0.29, 0.717) is 18.3 Å². The van der Waals surface area contributed by atoms with Gasteiger partial charge in [0, 0.05) is 18.0 Å². The van der Waals surface area contributed by atoms with E-state index in [4.69, 9.17) is 4.42 Å². The number of fused-ring (bicyclic) bond motifs is 1. The molecule has 0 aliphatic rings. The van der Waals surface area contributed by atoms with Crippen LogP contribution in [0.1, 0.15) is 42.4 Å². The molecule has 0 unspecified atom stereocenters. The van der Waals surface area contributed by atoms with Crippen molar-refractivity contribution in [1.82, 2.24) is 5.32 Å². The maximum Gasteiger partial charge on any atom is 0.137 e. The Morgan fingerprint density at radius 2 is 1.84 bits per heavy atom. The summed E-state index contributed by atoms with van der Waals surface area (Å²) in [6, 6.07) is 4.48. The van der Waals surface area contributed by atoms with Crippen molar-refractivity contribution in [1.29, 1.82) is 0 Å². The molecule has 0 bridgehead atoms. The molecule has 1 heterocycles. The summed E-state index contributed by atoms with van der Waals surface area (Å²) < 4.78 is 5.86. The van der Waals surface area contributed by atoms with Crippen molar-refractivity contribution in [2.45, 2.75) is 46.8 Å². The molecule has 0 radical (unpaired) electrons. The lowest BCUT2D eigenvalue weighted by Crippen LogP contribution is -2.27. The van der Waals surface area contributed by atoms with Gasteiger partial charge >= 0.3 is 0 Å². The van der Waals surface area contributed by atoms with Crippen LogP contribution in [0.5, 0.6) is 0 Å². The highest BCUT2D eigenvalue weighted by Gasteiger charge is 2.16. The predicted octanol–water partition coefficient (Wildman–Crippen LogP) is 3.39. The zero-order valence-corrected chi connectivity index (χ0v) is 12.4. The first-order valence-corrected chi connectivity index (χ1v) is 6.82. The van der Waals surface area contributed by atoms with Crippen LogP contribution in [0.2, 0.25) is 0 Å². The molecule has 0 saturated carbocycles. The highest BCUT2D eigenvalue weighted by Crippen LogP contribution is 2.30. The van der Waals surface area contributed by atoms with Gasteiger partial charge < -0.3 is 14.8 Å². The van der Waals surface area contributed by atoms with Crippen molar-refractivity contribution in [3.05, 3.63) is 34.6 Å². The predicted molar refractivity (Wildman–Crippen MR) is 78.5 cm³/mol. The van der Waals surface area contributed by atoms with Gasteiger partial charge in [0.1, 0.15) is 17.4 Å². The molecular weight excluding hydrogens is 238 g/mol. The zero-order chi connectivity index (χ0) is 14.2. The smallest absolute Gasteiger partial charge is 0.137 e. The van der Waals surface area contributed by atoms with Crippen molar-refractivity contribution in [2.24, 2.45) is 0 Å². The van der Waals surface area contributed by atoms with E-state index in [1.807, 2.05) is 6.07 Å². The number of hydrogen-bond acceptors (Lipinski definition) is 3. The van der Waals surface area contributed by atoms with Crippen LogP contribution in [0.4, 0.5) is 0 Å². The van der Waals surface area contributed by atoms with Gasteiger partial charge in [0.05, 0.1) is 0 Å². The molecule has 3 heteroatoms. The van der Waals surface area contributed by atoms with Gasteiger partial charge in [0.15, 0.2) is 0 Å². The van der Waals surface area contributed by atoms with Gasteiger partial charge in [-0.3, -0.25) is 0 Å². The van der Waals surface area contributed by atoms with E-state index in [-0.39, 0.29) is 0 Å². The molecular formula is C16H23NO2. The standard InChI is InChI=1S/C16H23NO2/c1-9(2)17-8-14(18)15-7-13-11(4)6-10(3)12(5)16(13)19-15/h6-7,9,14,17-18H,8H2,1-5H3/t14-/m0/s1. The number of aryl methyl sites for hydroxylation is 3. The Morgan fingerprint density at radius 1 is 1.16 bits per heavy atom. The summed E-state index contributed by atoms with van der Waals surface area (Å²) in [7, 11) is 0. The minimum Gasteiger partial charge on any atom is -0.458 e. The molecule has 2 N–H and O–H groups in total. The normalized spacial score (nSPS) is 13.4. The lowest BCUT2D eigenvalue weighted by atomic mass is 10.0. The second-order valence-electron chi connectivity index (χ2n) is 5.61. The molecule has 0 aliphatic heterocycles. The fraction of sp³-hybridized carbons (Fsp3) is 0.500. The Balaban J connectivity index is 2.36. The van der Waals surface area contributed by atoms with Gasteiger partial charge in [-0.25, -0.2) is 0 Å². The zero-order valence-electron chi connectivity index (χ0n) is 12.4. The van der Waals surface area contributed by atoms with Crippen molar-refractivity contribution in [2.75, 3.05) is 6.54 Å². The Bertz CT molecular complexity index is 584. The molecule has 1 atom stereocenters. The summed E-state index contributed by atoms with van der Waals surface area (Å²) in [5.41, 5.74) is 4.46. The fourth-order valence-corrected chi connectivity index (χ4v) is 2.28. The summed E-state index contributed by atoms with van der Waals surface area (Å²) in [6.07, 6.45) is -0.603. The minimum atomic E-state index is -0.603. The Morgan fingerprint density at radius 3 is 2.47 bits per heavy atom. The van der Waals surface area contributed by atoms with Crippen molar-refractivity contribution in [3.63, 3.8) is 0 Å². The van der Waals surface area contributed by atoms with Crippen LogP contribution >= 0.6 is 0 Å². The maximum atomic E-state index is 10.2. The van der Waals surface area contributed by atoms with E-state index in [1.54, 1.807) is 0 Å². The topological polar surface area (TPSA) is 45.4 Å². The van der Waals surface area contributed by atoms with E-state index in [2.05, 4.69) is 46.0 Å². The third-order valence-corrected chi connectivity index (χ3v) is 3.59. The van der Waals surface area contributed by atoms with Crippen LogP contribution in [0.15, 0.2) is 16.5 Å². The van der Waals surface area contributed by atoms with Gasteiger partial charge in [-0.15, -0.1) is 0 Å². The molecule has 2 aromatic rings. The summed E-state index contributed by atoms with van der Waals surface area (Å²) in [4.78, 5) is 0. The highest BCUT2D eigenvalue weighted by molar-refractivity contribution is 5.85. The van der Waals surface area contributed by atoms with E-state index in [9.17, 15) is 5.11 Å². The maximum absolute atomic E-state index is 10.2. The molecule has 0 spiro atoms. The van der Waals surface area contributed by atoms with Crippen LogP contribution in [0.25, 0.3) is 11.0 Å². The third kappa shape index (κ3) is 2.82. The Kier molecular flexibility index (Phi) is 3.97. The number of furan rings is 1. The first-order valence-electron chi connectivity index (χ1n) is 6.82. The summed E-state index contributed by atoms with van der Waals surface area (Å²) in [5.74, 6) is 0.639. The fourth-order valence-electron chi connectivity index (χ4n) is 2.28. The van der Waals surface area contributed by atoms with Crippen LogP contribution in [0.3, 0.4) is 0 Å². The highest BCUT2D eigenvalue weighted by atomic mass is 16.4. The monoisotopic (exact) mass is 261 g/mol. The molecule has 1 aromatic carbocycles. The first kappa shape index (κ1) is 14.1. The number of rotatable bonds is 4.